The maximum atomic E-state index is 13.1. The zero-order valence-electron chi connectivity index (χ0n) is 20.5. The van der Waals surface area contributed by atoms with E-state index in [1.54, 1.807) is 12.1 Å². The maximum absolute atomic E-state index is 13.1. The molecule has 2 amide bonds. The second-order valence-corrected chi connectivity index (χ2v) is 11.1. The van der Waals surface area contributed by atoms with Gasteiger partial charge in [0.05, 0.1) is 0 Å². The lowest BCUT2D eigenvalue weighted by atomic mass is 9.49. The molecular weight excluding hydrogens is 440 g/mol. The standard InChI is InChI=1S/C29H36N2O4/c1-19-3-2-4-26(9-19)35-18-25(32)17-30-27(33)24-7-5-20(6-8-24)16-31-28(34)29-13-21-10-22(14-29)12-23(11-21)15-29/h2-9,21-23,25,32H,10-18H2,1H3,(H,30,33)(H,31,34). The molecule has 1 atom stereocenters. The Labute approximate surface area is 207 Å². The number of hydrogen-bond acceptors (Lipinski definition) is 4. The molecule has 0 aromatic heterocycles. The lowest BCUT2D eigenvalue weighted by Gasteiger charge is -2.55. The second kappa shape index (κ2) is 10.0. The highest BCUT2D eigenvalue weighted by Crippen LogP contribution is 2.60. The Balaban J connectivity index is 1.06. The minimum absolute atomic E-state index is 0.103. The molecule has 0 heterocycles. The van der Waals surface area contributed by atoms with E-state index < -0.39 is 6.10 Å². The molecule has 186 valence electrons. The zero-order valence-corrected chi connectivity index (χ0v) is 20.5. The van der Waals surface area contributed by atoms with Crippen molar-refractivity contribution in [2.24, 2.45) is 23.2 Å². The van der Waals surface area contributed by atoms with Gasteiger partial charge in [0.15, 0.2) is 0 Å². The predicted molar refractivity (Wildman–Crippen MR) is 134 cm³/mol. The molecule has 4 saturated carbocycles. The van der Waals surface area contributed by atoms with Crippen LogP contribution in [0.2, 0.25) is 0 Å². The quantitative estimate of drug-likeness (QED) is 0.511. The first-order valence-electron chi connectivity index (χ1n) is 12.9. The summed E-state index contributed by atoms with van der Waals surface area (Å²) in [4.78, 5) is 25.6. The van der Waals surface area contributed by atoms with Crippen molar-refractivity contribution in [1.29, 1.82) is 0 Å². The van der Waals surface area contributed by atoms with Gasteiger partial charge in [-0.15, -0.1) is 0 Å². The number of aliphatic hydroxyl groups excluding tert-OH is 1. The van der Waals surface area contributed by atoms with Crippen molar-refractivity contribution < 1.29 is 19.4 Å². The fourth-order valence-corrected chi connectivity index (χ4v) is 6.80. The van der Waals surface area contributed by atoms with Gasteiger partial charge in [-0.3, -0.25) is 9.59 Å². The van der Waals surface area contributed by atoms with Crippen molar-refractivity contribution in [3.63, 3.8) is 0 Å². The molecule has 4 fully saturated rings. The van der Waals surface area contributed by atoms with Crippen molar-refractivity contribution in [3.8, 4) is 5.75 Å². The van der Waals surface area contributed by atoms with Crippen LogP contribution >= 0.6 is 0 Å². The number of hydrogen-bond donors (Lipinski definition) is 3. The predicted octanol–water partition coefficient (Wildman–Crippen LogP) is 4.00. The molecule has 0 aliphatic heterocycles. The fourth-order valence-electron chi connectivity index (χ4n) is 6.80. The molecule has 1 unspecified atom stereocenters. The summed E-state index contributed by atoms with van der Waals surface area (Å²) in [7, 11) is 0. The summed E-state index contributed by atoms with van der Waals surface area (Å²) >= 11 is 0. The number of rotatable bonds is 9. The van der Waals surface area contributed by atoms with E-state index in [4.69, 9.17) is 4.74 Å². The maximum Gasteiger partial charge on any atom is 0.251 e. The van der Waals surface area contributed by atoms with Gasteiger partial charge < -0.3 is 20.5 Å². The highest BCUT2D eigenvalue weighted by molar-refractivity contribution is 5.94. The summed E-state index contributed by atoms with van der Waals surface area (Å²) < 4.78 is 5.59. The number of amides is 2. The highest BCUT2D eigenvalue weighted by Gasteiger charge is 2.54. The lowest BCUT2D eigenvalue weighted by Crippen LogP contribution is -2.53. The van der Waals surface area contributed by atoms with E-state index in [0.29, 0.717) is 17.9 Å². The van der Waals surface area contributed by atoms with Crippen LogP contribution < -0.4 is 15.4 Å². The second-order valence-electron chi connectivity index (χ2n) is 11.1. The minimum Gasteiger partial charge on any atom is -0.491 e. The Kier molecular flexibility index (Phi) is 6.83. The Morgan fingerprint density at radius 3 is 2.29 bits per heavy atom. The van der Waals surface area contributed by atoms with Gasteiger partial charge in [0.2, 0.25) is 5.91 Å². The number of carbonyl (C=O) groups excluding carboxylic acids is 2. The summed E-state index contributed by atoms with van der Waals surface area (Å²) in [5.74, 6) is 2.91. The first kappa shape index (κ1) is 23.9. The van der Waals surface area contributed by atoms with E-state index in [0.717, 1.165) is 48.1 Å². The van der Waals surface area contributed by atoms with Gasteiger partial charge in [-0.2, -0.15) is 0 Å². The molecule has 2 aromatic carbocycles. The highest BCUT2D eigenvalue weighted by atomic mass is 16.5. The van der Waals surface area contributed by atoms with Gasteiger partial charge in [0.25, 0.3) is 5.91 Å². The van der Waals surface area contributed by atoms with Gasteiger partial charge in [-0.05, 0) is 98.6 Å². The van der Waals surface area contributed by atoms with Crippen LogP contribution in [0, 0.1) is 30.1 Å². The fraction of sp³-hybridized carbons (Fsp3) is 0.517. The van der Waals surface area contributed by atoms with E-state index in [9.17, 15) is 14.7 Å². The van der Waals surface area contributed by atoms with E-state index in [1.165, 1.54) is 19.3 Å². The third-order valence-electron chi connectivity index (χ3n) is 8.12. The van der Waals surface area contributed by atoms with Gasteiger partial charge in [0, 0.05) is 24.1 Å². The van der Waals surface area contributed by atoms with Crippen LogP contribution in [0.25, 0.3) is 0 Å². The Bertz CT molecular complexity index is 1030. The smallest absolute Gasteiger partial charge is 0.251 e. The average Bonchev–Trinajstić information content (AvgIpc) is 2.84. The number of ether oxygens (including phenoxy) is 1. The van der Waals surface area contributed by atoms with Crippen molar-refractivity contribution in [2.45, 2.75) is 58.1 Å². The van der Waals surface area contributed by atoms with Crippen LogP contribution in [0.4, 0.5) is 0 Å². The molecule has 0 saturated heterocycles. The van der Waals surface area contributed by atoms with Crippen LogP contribution in [0.15, 0.2) is 48.5 Å². The van der Waals surface area contributed by atoms with Crippen LogP contribution in [0.3, 0.4) is 0 Å². The summed E-state index contributed by atoms with van der Waals surface area (Å²) in [6.07, 6.45) is 6.36. The van der Waals surface area contributed by atoms with Crippen LogP contribution in [0.1, 0.15) is 60.0 Å². The lowest BCUT2D eigenvalue weighted by molar-refractivity contribution is -0.146. The number of carbonyl (C=O) groups is 2. The first-order valence-corrected chi connectivity index (χ1v) is 12.9. The number of aryl methyl sites for hydroxylation is 1. The Morgan fingerprint density at radius 1 is 1.00 bits per heavy atom. The summed E-state index contributed by atoms with van der Waals surface area (Å²) in [6, 6.07) is 14.9. The Morgan fingerprint density at radius 2 is 1.66 bits per heavy atom. The average molecular weight is 477 g/mol. The molecule has 6 heteroatoms. The van der Waals surface area contributed by atoms with E-state index in [1.807, 2.05) is 43.3 Å². The third-order valence-corrected chi connectivity index (χ3v) is 8.12. The molecule has 6 rings (SSSR count). The van der Waals surface area contributed by atoms with Crippen molar-refractivity contribution in [3.05, 3.63) is 65.2 Å². The Hall–Kier alpha value is -2.86. The zero-order chi connectivity index (χ0) is 24.4. The normalized spacial score (nSPS) is 27.3. The molecule has 0 radical (unpaired) electrons. The first-order chi connectivity index (χ1) is 16.9. The summed E-state index contributed by atoms with van der Waals surface area (Å²) in [5, 5.41) is 16.1. The van der Waals surface area contributed by atoms with Crippen molar-refractivity contribution in [1.82, 2.24) is 10.6 Å². The number of nitrogens with one attached hydrogen (secondary N) is 2. The van der Waals surface area contributed by atoms with Crippen molar-refractivity contribution >= 4 is 11.8 Å². The summed E-state index contributed by atoms with van der Waals surface area (Å²) in [5.41, 5.74) is 2.44. The summed E-state index contributed by atoms with van der Waals surface area (Å²) in [6.45, 7) is 2.67. The molecule has 4 aliphatic carbocycles. The van der Waals surface area contributed by atoms with Gasteiger partial charge >= 0.3 is 0 Å². The largest absolute Gasteiger partial charge is 0.491 e. The molecule has 3 N–H and O–H groups in total. The monoisotopic (exact) mass is 476 g/mol. The van der Waals surface area contributed by atoms with Gasteiger partial charge in [-0.25, -0.2) is 0 Å². The molecular formula is C29H36N2O4. The van der Waals surface area contributed by atoms with Crippen LogP contribution in [0.5, 0.6) is 5.75 Å². The molecule has 35 heavy (non-hydrogen) atoms. The SMILES string of the molecule is Cc1cccc(OCC(O)CNC(=O)c2ccc(CNC(=O)C34CC5CC(CC(C5)C3)C4)cc2)c1. The third kappa shape index (κ3) is 5.53. The minimum atomic E-state index is -0.807. The molecule has 2 aromatic rings. The van der Waals surface area contributed by atoms with Gasteiger partial charge in [0.1, 0.15) is 18.5 Å². The molecule has 0 spiro atoms. The van der Waals surface area contributed by atoms with E-state index >= 15 is 0 Å². The van der Waals surface area contributed by atoms with E-state index in [-0.39, 0.29) is 30.4 Å². The van der Waals surface area contributed by atoms with Crippen LogP contribution in [-0.4, -0.2) is 36.2 Å². The molecule has 4 aliphatic rings. The molecule has 6 nitrogen and oxygen atoms in total. The van der Waals surface area contributed by atoms with Gasteiger partial charge in [-0.1, -0.05) is 24.3 Å². The van der Waals surface area contributed by atoms with Crippen LogP contribution in [-0.2, 0) is 11.3 Å². The topological polar surface area (TPSA) is 87.7 Å². The number of aliphatic hydroxyl groups is 1. The number of benzene rings is 2. The van der Waals surface area contributed by atoms with Crippen molar-refractivity contribution in [2.75, 3.05) is 13.2 Å². The molecule has 4 bridgehead atoms. The van der Waals surface area contributed by atoms with E-state index in [2.05, 4.69) is 10.6 Å².